The van der Waals surface area contributed by atoms with E-state index in [1.165, 1.54) is 12.1 Å². The van der Waals surface area contributed by atoms with Crippen molar-refractivity contribution in [2.24, 2.45) is 5.10 Å². The molecule has 0 fully saturated rings. The fraction of sp³-hybridized carbons (Fsp3) is 0.208. The van der Waals surface area contributed by atoms with E-state index < -0.39 is 6.23 Å². The van der Waals surface area contributed by atoms with Crippen LogP contribution in [-0.4, -0.2) is 24.9 Å². The number of hydrogen-bond donors (Lipinski definition) is 0. The second-order valence-corrected chi connectivity index (χ2v) is 8.33. The summed E-state index contributed by atoms with van der Waals surface area (Å²) in [5.74, 6) is 1.93. The lowest BCUT2D eigenvalue weighted by atomic mass is 9.96. The van der Waals surface area contributed by atoms with Crippen LogP contribution in [0.4, 0.5) is 4.39 Å². The molecule has 158 valence electrons. The van der Waals surface area contributed by atoms with Crippen molar-refractivity contribution in [1.82, 2.24) is 5.01 Å². The number of benzene rings is 3. The van der Waals surface area contributed by atoms with Crippen LogP contribution in [0.5, 0.6) is 17.2 Å². The first-order valence-electron chi connectivity index (χ1n) is 9.87. The highest BCUT2D eigenvalue weighted by Crippen LogP contribution is 2.49. The molecular formula is C24H20BrFN2O3. The van der Waals surface area contributed by atoms with Crippen molar-refractivity contribution in [3.05, 3.63) is 87.6 Å². The van der Waals surface area contributed by atoms with E-state index in [1.54, 1.807) is 26.4 Å². The van der Waals surface area contributed by atoms with Gasteiger partial charge in [-0.1, -0.05) is 28.1 Å². The van der Waals surface area contributed by atoms with Gasteiger partial charge in [0.15, 0.2) is 0 Å². The van der Waals surface area contributed by atoms with Crippen molar-refractivity contribution in [3.8, 4) is 17.2 Å². The monoisotopic (exact) mass is 482 g/mol. The van der Waals surface area contributed by atoms with Gasteiger partial charge in [-0.15, -0.1) is 0 Å². The maximum Gasteiger partial charge on any atom is 0.217 e. The summed E-state index contributed by atoms with van der Waals surface area (Å²) in [6.07, 6.45) is 0.183. The van der Waals surface area contributed by atoms with Crippen LogP contribution in [0.3, 0.4) is 0 Å². The molecule has 0 radical (unpaired) electrons. The molecular weight excluding hydrogens is 463 g/mol. The van der Waals surface area contributed by atoms with Crippen LogP contribution in [0.25, 0.3) is 0 Å². The van der Waals surface area contributed by atoms with Gasteiger partial charge in [-0.3, -0.25) is 0 Å². The number of halogens is 2. The van der Waals surface area contributed by atoms with Crippen LogP contribution in [0, 0.1) is 5.82 Å². The lowest BCUT2D eigenvalue weighted by Crippen LogP contribution is -2.34. The van der Waals surface area contributed by atoms with E-state index in [9.17, 15) is 4.39 Å². The first kappa shape index (κ1) is 19.9. The maximum absolute atomic E-state index is 13.4. The molecule has 5 nitrogen and oxygen atoms in total. The molecule has 7 heteroatoms. The molecule has 2 aliphatic heterocycles. The molecule has 3 aromatic carbocycles. The Kier molecular flexibility index (Phi) is 5.06. The lowest BCUT2D eigenvalue weighted by molar-refractivity contribution is -0.0205. The van der Waals surface area contributed by atoms with Crippen LogP contribution in [0.2, 0.25) is 0 Å². The summed E-state index contributed by atoms with van der Waals surface area (Å²) < 4.78 is 31.9. The van der Waals surface area contributed by atoms with Gasteiger partial charge in [0, 0.05) is 16.5 Å². The van der Waals surface area contributed by atoms with Gasteiger partial charge in [-0.2, -0.15) is 5.10 Å². The summed E-state index contributed by atoms with van der Waals surface area (Å²) in [5, 5.41) is 6.88. The fourth-order valence-electron chi connectivity index (χ4n) is 4.11. The average Bonchev–Trinajstić information content (AvgIpc) is 3.24. The summed E-state index contributed by atoms with van der Waals surface area (Å²) in [7, 11) is 3.26. The minimum Gasteiger partial charge on any atom is -0.497 e. The molecule has 0 bridgehead atoms. The molecule has 2 aliphatic rings. The summed E-state index contributed by atoms with van der Waals surface area (Å²) >= 11 is 3.57. The molecule has 0 saturated heterocycles. The van der Waals surface area contributed by atoms with E-state index >= 15 is 0 Å². The highest BCUT2D eigenvalue weighted by molar-refractivity contribution is 9.10. The van der Waals surface area contributed by atoms with Gasteiger partial charge >= 0.3 is 0 Å². The first-order valence-corrected chi connectivity index (χ1v) is 10.7. The van der Waals surface area contributed by atoms with E-state index in [2.05, 4.69) is 22.0 Å². The number of hydrazone groups is 1. The zero-order valence-electron chi connectivity index (χ0n) is 17.0. The zero-order chi connectivity index (χ0) is 21.5. The van der Waals surface area contributed by atoms with Crippen molar-refractivity contribution in [2.45, 2.75) is 18.7 Å². The van der Waals surface area contributed by atoms with E-state index in [4.69, 9.17) is 19.3 Å². The van der Waals surface area contributed by atoms with Crippen LogP contribution >= 0.6 is 15.9 Å². The molecule has 0 spiro atoms. The summed E-state index contributed by atoms with van der Waals surface area (Å²) in [4.78, 5) is 0. The average molecular weight is 483 g/mol. The number of ether oxygens (including phenoxy) is 3. The van der Waals surface area contributed by atoms with Crippen molar-refractivity contribution in [3.63, 3.8) is 0 Å². The third kappa shape index (κ3) is 3.53. The van der Waals surface area contributed by atoms with Gasteiger partial charge in [0.25, 0.3) is 0 Å². The number of rotatable bonds is 4. The first-order chi connectivity index (χ1) is 15.1. The Balaban J connectivity index is 1.63. The predicted molar refractivity (Wildman–Crippen MR) is 119 cm³/mol. The molecule has 31 heavy (non-hydrogen) atoms. The fourth-order valence-corrected chi connectivity index (χ4v) is 4.49. The predicted octanol–water partition coefficient (Wildman–Crippen LogP) is 5.85. The quantitative estimate of drug-likeness (QED) is 0.467. The molecule has 0 amide bonds. The van der Waals surface area contributed by atoms with Gasteiger partial charge in [0.1, 0.15) is 23.1 Å². The van der Waals surface area contributed by atoms with Gasteiger partial charge < -0.3 is 14.2 Å². The molecule has 0 N–H and O–H groups in total. The van der Waals surface area contributed by atoms with E-state index in [1.807, 2.05) is 35.3 Å². The zero-order valence-corrected chi connectivity index (χ0v) is 18.6. The van der Waals surface area contributed by atoms with Crippen LogP contribution in [0.1, 0.15) is 35.4 Å². The second-order valence-electron chi connectivity index (χ2n) is 7.41. The molecule has 2 heterocycles. The Hall–Kier alpha value is -3.06. The Morgan fingerprint density at radius 1 is 1.00 bits per heavy atom. The number of fused-ring (bicyclic) bond motifs is 3. The van der Waals surface area contributed by atoms with Crippen LogP contribution < -0.4 is 14.2 Å². The minimum atomic E-state index is -0.498. The number of methoxy groups -OCH3 is 2. The summed E-state index contributed by atoms with van der Waals surface area (Å²) in [6.45, 7) is 0. The maximum atomic E-state index is 13.4. The van der Waals surface area contributed by atoms with Gasteiger partial charge in [-0.05, 0) is 54.1 Å². The van der Waals surface area contributed by atoms with Crippen molar-refractivity contribution < 1.29 is 18.6 Å². The molecule has 2 unspecified atom stereocenters. The normalized spacial score (nSPS) is 19.2. The largest absolute Gasteiger partial charge is 0.497 e. The topological polar surface area (TPSA) is 43.3 Å². The number of nitrogens with zero attached hydrogens (tertiary/aromatic N) is 2. The van der Waals surface area contributed by atoms with Crippen molar-refractivity contribution >= 4 is 21.6 Å². The second kappa shape index (κ2) is 7.89. The Morgan fingerprint density at radius 2 is 1.81 bits per heavy atom. The van der Waals surface area contributed by atoms with Crippen LogP contribution in [0.15, 0.2) is 70.2 Å². The lowest BCUT2D eigenvalue weighted by Gasteiger charge is -2.38. The molecule has 0 aliphatic carbocycles. The smallest absolute Gasteiger partial charge is 0.217 e. The molecule has 5 rings (SSSR count). The molecule has 3 aromatic rings. The molecule has 0 aromatic heterocycles. The Labute approximate surface area is 188 Å². The summed E-state index contributed by atoms with van der Waals surface area (Å²) in [6, 6.07) is 18.0. The summed E-state index contributed by atoms with van der Waals surface area (Å²) in [5.41, 5.74) is 3.65. The Morgan fingerprint density at radius 3 is 2.55 bits per heavy atom. The van der Waals surface area contributed by atoms with Crippen LogP contribution in [-0.2, 0) is 0 Å². The molecule has 0 saturated carbocycles. The minimum absolute atomic E-state index is 0.0257. The van der Waals surface area contributed by atoms with Gasteiger partial charge in [0.05, 0.1) is 31.5 Å². The van der Waals surface area contributed by atoms with E-state index in [0.29, 0.717) is 17.9 Å². The SMILES string of the molecule is COc1ccc(OC)c(C2Oc3ccc(Br)cc3C3CC(c4ccc(F)cc4)=NN32)c1. The third-order valence-corrected chi connectivity index (χ3v) is 6.13. The molecule has 2 atom stereocenters. The third-order valence-electron chi connectivity index (χ3n) is 5.63. The highest BCUT2D eigenvalue weighted by atomic mass is 79.9. The standard InChI is InChI=1S/C24H20BrFN2O3/c1-29-17-8-10-22(30-2)19(12-17)24-28-21(18-11-15(25)5-9-23(18)31-24)13-20(27-28)14-3-6-16(26)7-4-14/h3-12,21,24H,13H2,1-2H3. The highest BCUT2D eigenvalue weighted by Gasteiger charge is 2.42. The number of hydrogen-bond acceptors (Lipinski definition) is 5. The van der Waals surface area contributed by atoms with Crippen molar-refractivity contribution in [1.29, 1.82) is 0 Å². The van der Waals surface area contributed by atoms with Gasteiger partial charge in [-0.25, -0.2) is 9.40 Å². The Bertz CT molecular complexity index is 1170. The van der Waals surface area contributed by atoms with Crippen molar-refractivity contribution in [2.75, 3.05) is 14.2 Å². The van der Waals surface area contributed by atoms with E-state index in [-0.39, 0.29) is 11.9 Å². The van der Waals surface area contributed by atoms with Gasteiger partial charge in [0.2, 0.25) is 6.23 Å². The van der Waals surface area contributed by atoms with E-state index in [0.717, 1.165) is 32.6 Å².